The molecule has 23 heavy (non-hydrogen) atoms. The molecule has 0 aromatic rings. The van der Waals surface area contributed by atoms with E-state index in [-0.39, 0.29) is 18.9 Å². The minimum atomic E-state index is -1.50. The van der Waals surface area contributed by atoms with Crippen LogP contribution in [0.25, 0.3) is 0 Å². The Labute approximate surface area is 137 Å². The number of carboxylic acids is 1. The monoisotopic (exact) mass is 328 g/mol. The van der Waals surface area contributed by atoms with Gasteiger partial charge in [-0.2, -0.15) is 0 Å². The van der Waals surface area contributed by atoms with Gasteiger partial charge in [0, 0.05) is 18.4 Å². The molecule has 1 unspecified atom stereocenters. The van der Waals surface area contributed by atoms with Crippen LogP contribution in [0.15, 0.2) is 0 Å². The molecule has 132 valence electrons. The van der Waals surface area contributed by atoms with Gasteiger partial charge in [0.1, 0.15) is 5.60 Å². The van der Waals surface area contributed by atoms with Gasteiger partial charge in [-0.05, 0) is 27.2 Å². The molecule has 2 N–H and O–H groups in total. The third kappa shape index (κ3) is 4.59. The molecular formula is C16H28N2O5. The standard InChI is InChI=1S/C16H28N2O5/c1-7-15(5,6)11(19)18-9-8-16(10-18,12(20)21)17-13(22)23-14(2,3)4/h7-10H2,1-6H3,(H,17,22)(H,20,21). The van der Waals surface area contributed by atoms with Crippen molar-refractivity contribution < 1.29 is 24.2 Å². The van der Waals surface area contributed by atoms with Crippen molar-refractivity contribution in [3.8, 4) is 0 Å². The second-order valence-electron chi connectivity index (χ2n) is 7.73. The number of alkyl carbamates (subject to hydrolysis) is 1. The molecule has 2 amide bonds. The van der Waals surface area contributed by atoms with Crippen LogP contribution in [0.1, 0.15) is 54.4 Å². The Morgan fingerprint density at radius 1 is 1.22 bits per heavy atom. The van der Waals surface area contributed by atoms with E-state index in [2.05, 4.69) is 5.32 Å². The number of aliphatic carboxylic acids is 1. The van der Waals surface area contributed by atoms with Gasteiger partial charge in [0.25, 0.3) is 0 Å². The minimum absolute atomic E-state index is 0.0517. The summed E-state index contributed by atoms with van der Waals surface area (Å²) in [4.78, 5) is 37.7. The number of carbonyl (C=O) groups is 3. The van der Waals surface area contributed by atoms with E-state index < -0.39 is 28.6 Å². The van der Waals surface area contributed by atoms with Crippen LogP contribution in [0.5, 0.6) is 0 Å². The largest absolute Gasteiger partial charge is 0.479 e. The highest BCUT2D eigenvalue weighted by atomic mass is 16.6. The average Bonchev–Trinajstić information content (AvgIpc) is 2.80. The number of hydrogen-bond acceptors (Lipinski definition) is 4. The lowest BCUT2D eigenvalue weighted by molar-refractivity contribution is -0.145. The minimum Gasteiger partial charge on any atom is -0.479 e. The molecule has 1 atom stereocenters. The summed E-state index contributed by atoms with van der Waals surface area (Å²) in [5.74, 6) is -1.26. The van der Waals surface area contributed by atoms with E-state index in [9.17, 15) is 19.5 Å². The molecule has 1 aliphatic rings. The number of amides is 2. The number of likely N-dealkylation sites (tertiary alicyclic amines) is 1. The summed E-state index contributed by atoms with van der Waals surface area (Å²) in [7, 11) is 0. The van der Waals surface area contributed by atoms with E-state index in [1.165, 1.54) is 4.90 Å². The lowest BCUT2D eigenvalue weighted by Gasteiger charge is -2.31. The first-order valence-corrected chi connectivity index (χ1v) is 7.87. The molecule has 1 saturated heterocycles. The van der Waals surface area contributed by atoms with E-state index in [1.54, 1.807) is 20.8 Å². The zero-order valence-electron chi connectivity index (χ0n) is 14.9. The van der Waals surface area contributed by atoms with Crippen molar-refractivity contribution >= 4 is 18.0 Å². The van der Waals surface area contributed by atoms with Gasteiger partial charge in [-0.3, -0.25) is 4.79 Å². The smallest absolute Gasteiger partial charge is 0.408 e. The molecule has 1 fully saturated rings. The molecule has 1 aliphatic heterocycles. The van der Waals surface area contributed by atoms with E-state index in [0.29, 0.717) is 13.0 Å². The van der Waals surface area contributed by atoms with Crippen molar-refractivity contribution in [1.82, 2.24) is 10.2 Å². The molecule has 0 aromatic carbocycles. The summed E-state index contributed by atoms with van der Waals surface area (Å²) >= 11 is 0. The molecule has 0 spiro atoms. The van der Waals surface area contributed by atoms with Crippen molar-refractivity contribution in [2.24, 2.45) is 5.41 Å². The Morgan fingerprint density at radius 3 is 2.22 bits per heavy atom. The van der Waals surface area contributed by atoms with Gasteiger partial charge in [-0.15, -0.1) is 0 Å². The van der Waals surface area contributed by atoms with Gasteiger partial charge >= 0.3 is 12.1 Å². The van der Waals surface area contributed by atoms with Crippen LogP contribution in [0, 0.1) is 5.41 Å². The molecule has 0 saturated carbocycles. The van der Waals surface area contributed by atoms with Crippen molar-refractivity contribution in [3.05, 3.63) is 0 Å². The Bertz CT molecular complexity index is 495. The summed E-state index contributed by atoms with van der Waals surface area (Å²) in [5, 5.41) is 12.0. The van der Waals surface area contributed by atoms with Crippen LogP contribution in [0.4, 0.5) is 4.79 Å². The maximum atomic E-state index is 12.5. The normalized spacial score (nSPS) is 21.9. The van der Waals surface area contributed by atoms with Crippen LogP contribution in [-0.4, -0.2) is 52.2 Å². The van der Waals surface area contributed by atoms with Crippen LogP contribution in [-0.2, 0) is 14.3 Å². The van der Waals surface area contributed by atoms with E-state index in [4.69, 9.17) is 4.74 Å². The number of carboxylic acid groups (broad SMARTS) is 1. The first kappa shape index (κ1) is 19.3. The first-order chi connectivity index (χ1) is 10.3. The van der Waals surface area contributed by atoms with Gasteiger partial charge in [-0.1, -0.05) is 20.8 Å². The Balaban J connectivity index is 2.88. The highest BCUT2D eigenvalue weighted by Gasteiger charge is 2.49. The van der Waals surface area contributed by atoms with E-state index in [0.717, 1.165) is 0 Å². The molecular weight excluding hydrogens is 300 g/mol. The molecule has 0 bridgehead atoms. The number of nitrogens with zero attached hydrogens (tertiary/aromatic N) is 1. The highest BCUT2D eigenvalue weighted by Crippen LogP contribution is 2.29. The Hall–Kier alpha value is -1.79. The third-order valence-corrected chi connectivity index (χ3v) is 4.17. The number of carbonyl (C=O) groups excluding carboxylic acids is 2. The second-order valence-corrected chi connectivity index (χ2v) is 7.73. The molecule has 7 nitrogen and oxygen atoms in total. The number of rotatable bonds is 4. The highest BCUT2D eigenvalue weighted by molar-refractivity contribution is 5.88. The maximum absolute atomic E-state index is 12.5. The lowest BCUT2D eigenvalue weighted by atomic mass is 9.88. The zero-order chi connectivity index (χ0) is 18.1. The average molecular weight is 328 g/mol. The molecule has 1 heterocycles. The van der Waals surface area contributed by atoms with Crippen LogP contribution >= 0.6 is 0 Å². The molecule has 0 aromatic heterocycles. The van der Waals surface area contributed by atoms with Gasteiger partial charge < -0.3 is 20.1 Å². The topological polar surface area (TPSA) is 95.9 Å². The predicted molar refractivity (Wildman–Crippen MR) is 85.0 cm³/mol. The van der Waals surface area contributed by atoms with E-state index in [1.807, 2.05) is 20.8 Å². The van der Waals surface area contributed by atoms with Gasteiger partial charge in [0.15, 0.2) is 5.54 Å². The summed E-state index contributed by atoms with van der Waals surface area (Å²) < 4.78 is 5.14. The molecule has 0 radical (unpaired) electrons. The molecule has 0 aliphatic carbocycles. The summed E-state index contributed by atoms with van der Waals surface area (Å²) in [6, 6.07) is 0. The van der Waals surface area contributed by atoms with Crippen molar-refractivity contribution in [1.29, 1.82) is 0 Å². The fourth-order valence-electron chi connectivity index (χ4n) is 2.39. The van der Waals surface area contributed by atoms with Gasteiger partial charge in [0.05, 0.1) is 6.54 Å². The molecule has 1 rings (SSSR count). The maximum Gasteiger partial charge on any atom is 0.408 e. The fourth-order valence-corrected chi connectivity index (χ4v) is 2.39. The SMILES string of the molecule is CCC(C)(C)C(=O)N1CCC(NC(=O)OC(C)(C)C)(C(=O)O)C1. The molecule has 7 heteroatoms. The third-order valence-electron chi connectivity index (χ3n) is 4.17. The predicted octanol–water partition coefficient (Wildman–Crippen LogP) is 2.00. The summed E-state index contributed by atoms with van der Waals surface area (Å²) in [6.45, 7) is 10.9. The zero-order valence-corrected chi connectivity index (χ0v) is 14.9. The van der Waals surface area contributed by atoms with Gasteiger partial charge in [0.2, 0.25) is 5.91 Å². The fraction of sp³-hybridized carbons (Fsp3) is 0.812. The van der Waals surface area contributed by atoms with Crippen LogP contribution in [0.2, 0.25) is 0 Å². The summed E-state index contributed by atoms with van der Waals surface area (Å²) in [6.07, 6.45) is 0.0265. The number of ether oxygens (including phenoxy) is 1. The Kier molecular flexibility index (Phi) is 5.34. The van der Waals surface area contributed by atoms with Crippen molar-refractivity contribution in [2.45, 2.75) is 65.5 Å². The quantitative estimate of drug-likeness (QED) is 0.823. The lowest BCUT2D eigenvalue weighted by Crippen LogP contribution is -2.57. The van der Waals surface area contributed by atoms with Gasteiger partial charge in [-0.25, -0.2) is 9.59 Å². The van der Waals surface area contributed by atoms with E-state index >= 15 is 0 Å². The number of nitrogens with one attached hydrogen (secondary N) is 1. The van der Waals surface area contributed by atoms with Crippen LogP contribution < -0.4 is 5.32 Å². The number of hydrogen-bond donors (Lipinski definition) is 2. The van der Waals surface area contributed by atoms with Crippen molar-refractivity contribution in [3.63, 3.8) is 0 Å². The van der Waals surface area contributed by atoms with Crippen molar-refractivity contribution in [2.75, 3.05) is 13.1 Å². The second kappa shape index (κ2) is 6.37. The summed E-state index contributed by atoms with van der Waals surface area (Å²) in [5.41, 5.74) is -2.77. The van der Waals surface area contributed by atoms with Crippen LogP contribution in [0.3, 0.4) is 0 Å². The first-order valence-electron chi connectivity index (χ1n) is 7.87. The Morgan fingerprint density at radius 2 is 1.78 bits per heavy atom.